The van der Waals surface area contributed by atoms with Crippen molar-refractivity contribution in [1.29, 1.82) is 0 Å². The van der Waals surface area contributed by atoms with Gasteiger partial charge in [0, 0.05) is 12.8 Å². The summed E-state index contributed by atoms with van der Waals surface area (Å²) in [6.07, 6.45) is 8.78. The van der Waals surface area contributed by atoms with Crippen molar-refractivity contribution in [3.05, 3.63) is 0 Å². The minimum absolute atomic E-state index is 0.146. The number of carbonyl (C=O) groups is 5. The Labute approximate surface area is 242 Å². The number of sulfone groups is 1. The summed E-state index contributed by atoms with van der Waals surface area (Å²) in [5.41, 5.74) is 4.21. The first-order chi connectivity index (χ1) is 19.1. The number of hydrogen-bond acceptors (Lipinski definition) is 7. The average molecular weight is 596 g/mol. The van der Waals surface area contributed by atoms with Crippen LogP contribution in [-0.2, 0) is 29.0 Å². The van der Waals surface area contributed by atoms with Crippen molar-refractivity contribution >= 4 is 39.4 Å². The van der Waals surface area contributed by atoms with Crippen LogP contribution in [0.25, 0.3) is 0 Å². The highest BCUT2D eigenvalue weighted by atomic mass is 32.2. The summed E-state index contributed by atoms with van der Waals surface area (Å²) in [6.45, 7) is 4.09. The van der Waals surface area contributed by atoms with Gasteiger partial charge in [0.1, 0.15) is 15.9 Å². The number of ketones is 1. The number of nitrogens with one attached hydrogen (secondary N) is 3. The lowest BCUT2D eigenvalue weighted by Crippen LogP contribution is -2.71. The molecule has 0 aromatic rings. The minimum atomic E-state index is -3.35. The SMILES string of the molecule is CC1(C)[C@@H]2C[C@H]1[C@@H](C(=O)NC(CC1CCC1)C(=O)C(N)=O)N(C(=O)CNC(=O)NC1(CS(C)(=O)=O)CCCCC1)C2. The lowest BCUT2D eigenvalue weighted by Gasteiger charge is -2.62. The van der Waals surface area contributed by atoms with Gasteiger partial charge in [-0.05, 0) is 48.9 Å². The second kappa shape index (κ2) is 11.9. The van der Waals surface area contributed by atoms with Crippen LogP contribution in [0.1, 0.15) is 78.1 Å². The van der Waals surface area contributed by atoms with Crippen LogP contribution in [0, 0.1) is 23.2 Å². The number of nitrogens with two attached hydrogens (primary N) is 1. The topological polar surface area (TPSA) is 185 Å². The van der Waals surface area contributed by atoms with Gasteiger partial charge < -0.3 is 26.6 Å². The maximum Gasteiger partial charge on any atom is 0.315 e. The molecule has 4 atom stereocenters. The van der Waals surface area contributed by atoms with E-state index in [-0.39, 0.29) is 35.5 Å². The Morgan fingerprint density at radius 1 is 1.02 bits per heavy atom. The average Bonchev–Trinajstić information content (AvgIpc) is 2.86. The van der Waals surface area contributed by atoms with Gasteiger partial charge in [-0.3, -0.25) is 19.2 Å². The zero-order valence-electron chi connectivity index (χ0n) is 24.4. The minimum Gasteiger partial charge on any atom is -0.363 e. The maximum atomic E-state index is 13.7. The Balaban J connectivity index is 1.43. The molecular formula is C28H45N5O7S. The Morgan fingerprint density at radius 2 is 1.68 bits per heavy atom. The Morgan fingerprint density at radius 3 is 2.22 bits per heavy atom. The predicted molar refractivity (Wildman–Crippen MR) is 151 cm³/mol. The summed E-state index contributed by atoms with van der Waals surface area (Å²) in [6, 6.07) is -2.51. The zero-order chi connectivity index (χ0) is 30.2. The first kappa shape index (κ1) is 31.2. The van der Waals surface area contributed by atoms with Gasteiger partial charge >= 0.3 is 6.03 Å². The van der Waals surface area contributed by atoms with Crippen molar-refractivity contribution in [3.63, 3.8) is 0 Å². The fourth-order valence-corrected chi connectivity index (χ4v) is 8.72. The molecule has 230 valence electrons. The van der Waals surface area contributed by atoms with Gasteiger partial charge in [0.25, 0.3) is 5.91 Å². The molecule has 13 heteroatoms. The molecule has 0 aromatic carbocycles. The normalized spacial score (nSPS) is 27.4. The summed E-state index contributed by atoms with van der Waals surface area (Å²) < 4.78 is 24.1. The Hall–Kier alpha value is -2.70. The lowest BCUT2D eigenvalue weighted by atomic mass is 9.49. The summed E-state index contributed by atoms with van der Waals surface area (Å²) in [7, 11) is -3.35. The molecular weight excluding hydrogens is 550 g/mol. The molecule has 5 fully saturated rings. The molecule has 5 N–H and O–H groups in total. The molecule has 0 aromatic heterocycles. The van der Waals surface area contributed by atoms with Crippen molar-refractivity contribution in [2.45, 2.75) is 95.7 Å². The predicted octanol–water partition coefficient (Wildman–Crippen LogP) is 0.636. The van der Waals surface area contributed by atoms with Crippen molar-refractivity contribution in [2.24, 2.45) is 28.9 Å². The van der Waals surface area contributed by atoms with E-state index in [2.05, 4.69) is 29.8 Å². The van der Waals surface area contributed by atoms with Crippen molar-refractivity contribution in [2.75, 3.05) is 25.1 Å². The lowest BCUT2D eigenvalue weighted by molar-refractivity contribution is -0.176. The number of urea groups is 1. The molecule has 2 bridgehead atoms. The van der Waals surface area contributed by atoms with Crippen LogP contribution >= 0.6 is 0 Å². The van der Waals surface area contributed by atoms with E-state index >= 15 is 0 Å². The summed E-state index contributed by atoms with van der Waals surface area (Å²) in [4.78, 5) is 65.7. The number of hydrogen-bond donors (Lipinski definition) is 4. The van der Waals surface area contributed by atoms with E-state index in [0.717, 1.165) is 51.2 Å². The van der Waals surface area contributed by atoms with Gasteiger partial charge in [-0.2, -0.15) is 0 Å². The first-order valence-electron chi connectivity index (χ1n) is 14.8. The number of primary amides is 1. The number of amides is 5. The van der Waals surface area contributed by atoms with Gasteiger partial charge in [-0.1, -0.05) is 52.4 Å². The highest BCUT2D eigenvalue weighted by Gasteiger charge is 2.60. The second-order valence-corrected chi connectivity index (χ2v) is 15.5. The number of rotatable bonds is 11. The van der Waals surface area contributed by atoms with E-state index in [1.165, 1.54) is 4.90 Å². The maximum absolute atomic E-state index is 13.7. The molecule has 0 radical (unpaired) electrons. The fourth-order valence-electron chi connectivity index (χ4n) is 7.35. The van der Waals surface area contributed by atoms with Gasteiger partial charge in [0.05, 0.1) is 23.9 Å². The molecule has 2 aliphatic heterocycles. The molecule has 5 rings (SSSR count). The second-order valence-electron chi connectivity index (χ2n) is 13.4. The third-order valence-corrected chi connectivity index (χ3v) is 11.1. The molecule has 2 saturated heterocycles. The van der Waals surface area contributed by atoms with E-state index in [1.807, 2.05) is 0 Å². The van der Waals surface area contributed by atoms with E-state index in [4.69, 9.17) is 5.73 Å². The number of piperidine rings is 2. The van der Waals surface area contributed by atoms with Gasteiger partial charge in [-0.25, -0.2) is 13.2 Å². The van der Waals surface area contributed by atoms with E-state index in [9.17, 15) is 32.4 Å². The number of nitrogens with zero attached hydrogens (tertiary/aromatic N) is 1. The summed E-state index contributed by atoms with van der Waals surface area (Å²) in [5, 5.41) is 8.16. The van der Waals surface area contributed by atoms with Crippen LogP contribution in [0.4, 0.5) is 4.79 Å². The summed E-state index contributed by atoms with van der Waals surface area (Å²) in [5.74, 6) is -2.77. The van der Waals surface area contributed by atoms with Crippen LogP contribution < -0.4 is 21.7 Å². The smallest absolute Gasteiger partial charge is 0.315 e. The molecule has 3 saturated carbocycles. The van der Waals surface area contributed by atoms with Crippen molar-refractivity contribution in [1.82, 2.24) is 20.9 Å². The molecule has 1 unspecified atom stereocenters. The van der Waals surface area contributed by atoms with E-state index < -0.39 is 57.0 Å². The van der Waals surface area contributed by atoms with Crippen LogP contribution in [0.2, 0.25) is 0 Å². The third-order valence-electron chi connectivity index (χ3n) is 10.1. The van der Waals surface area contributed by atoms with E-state index in [1.54, 1.807) is 0 Å². The number of carbonyl (C=O) groups excluding carboxylic acids is 5. The highest BCUT2D eigenvalue weighted by Crippen LogP contribution is 2.57. The molecule has 41 heavy (non-hydrogen) atoms. The van der Waals surface area contributed by atoms with Gasteiger partial charge in [0.2, 0.25) is 17.6 Å². The monoisotopic (exact) mass is 595 g/mol. The quantitative estimate of drug-likeness (QED) is 0.252. The van der Waals surface area contributed by atoms with Crippen LogP contribution in [0.15, 0.2) is 0 Å². The third kappa shape index (κ3) is 7.03. The highest BCUT2D eigenvalue weighted by molar-refractivity contribution is 7.90. The first-order valence-corrected chi connectivity index (χ1v) is 16.9. The van der Waals surface area contributed by atoms with Gasteiger partial charge in [0.15, 0.2) is 0 Å². The number of fused-ring (bicyclic) bond motifs is 2. The fraction of sp³-hybridized carbons (Fsp3) is 0.821. The molecule has 2 heterocycles. The standard InChI is InChI=1S/C28H45N5O7S/c1-27(2)18-13-19(27)22(25(37)31-20(23(35)24(29)36)12-17-8-7-9-17)33(15-18)21(34)14-30-26(38)32-28(16-41(3,39)40)10-5-4-6-11-28/h17-20,22H,4-16H2,1-3H3,(H2,29,36)(H,31,37)(H2,30,32,38)/t18-,19+,20?,22+/m1/s1. The largest absolute Gasteiger partial charge is 0.363 e. The molecule has 0 spiro atoms. The molecule has 12 nitrogen and oxygen atoms in total. The van der Waals surface area contributed by atoms with E-state index in [0.29, 0.717) is 25.8 Å². The summed E-state index contributed by atoms with van der Waals surface area (Å²) >= 11 is 0. The van der Waals surface area contributed by atoms with Crippen molar-refractivity contribution in [3.8, 4) is 0 Å². The zero-order valence-corrected chi connectivity index (χ0v) is 25.2. The van der Waals surface area contributed by atoms with Crippen molar-refractivity contribution < 1.29 is 32.4 Å². The van der Waals surface area contributed by atoms with Crippen LogP contribution in [0.5, 0.6) is 0 Å². The van der Waals surface area contributed by atoms with Gasteiger partial charge in [-0.15, -0.1) is 0 Å². The molecule has 5 amide bonds. The molecule has 3 aliphatic carbocycles. The number of Topliss-reactive ketones (excluding diaryl/α,β-unsaturated/α-hetero) is 1. The van der Waals surface area contributed by atoms with Crippen LogP contribution in [-0.4, -0.2) is 85.6 Å². The Kier molecular flexibility index (Phi) is 9.06. The van der Waals surface area contributed by atoms with Crippen LogP contribution in [0.3, 0.4) is 0 Å². The Bertz CT molecular complexity index is 1180. The molecule has 5 aliphatic rings.